The number of nitrogens with zero attached hydrogens (tertiary/aromatic N) is 2. The summed E-state index contributed by atoms with van der Waals surface area (Å²) in [5.41, 5.74) is 3.72. The first-order chi connectivity index (χ1) is 11.7. The fourth-order valence-corrected chi connectivity index (χ4v) is 3.58. The van der Waals surface area contributed by atoms with Crippen molar-refractivity contribution in [1.82, 2.24) is 4.98 Å². The number of hydrogen-bond donors (Lipinski definition) is 0. The fourth-order valence-electron chi connectivity index (χ4n) is 3.34. The van der Waals surface area contributed by atoms with Crippen molar-refractivity contribution in [2.75, 3.05) is 18.6 Å². The molecule has 0 saturated carbocycles. The number of aromatic nitrogens is 1. The van der Waals surface area contributed by atoms with E-state index in [0.29, 0.717) is 5.02 Å². The summed E-state index contributed by atoms with van der Waals surface area (Å²) in [5.74, 6) is 1.73. The predicted molar refractivity (Wildman–Crippen MR) is 99.1 cm³/mol. The average molecular weight is 339 g/mol. The molecule has 3 aromatic rings. The predicted octanol–water partition coefficient (Wildman–Crippen LogP) is 4.85. The van der Waals surface area contributed by atoms with Crippen LogP contribution in [-0.2, 0) is 13.0 Å². The molecule has 0 amide bonds. The maximum absolute atomic E-state index is 6.53. The van der Waals surface area contributed by atoms with Crippen molar-refractivity contribution in [1.29, 1.82) is 0 Å². The monoisotopic (exact) mass is 338 g/mol. The third-order valence-electron chi connectivity index (χ3n) is 4.63. The van der Waals surface area contributed by atoms with E-state index in [-0.39, 0.29) is 0 Å². The highest BCUT2D eigenvalue weighted by molar-refractivity contribution is 6.35. The van der Waals surface area contributed by atoms with Crippen molar-refractivity contribution in [2.24, 2.45) is 0 Å². The van der Waals surface area contributed by atoms with E-state index < -0.39 is 0 Å². The molecule has 1 aliphatic heterocycles. The Morgan fingerprint density at radius 2 is 1.92 bits per heavy atom. The van der Waals surface area contributed by atoms with Gasteiger partial charge >= 0.3 is 0 Å². The highest BCUT2D eigenvalue weighted by atomic mass is 35.5. The van der Waals surface area contributed by atoms with Crippen molar-refractivity contribution in [3.05, 3.63) is 64.7 Å². The SMILES string of the molecule is COc1ccc2nc(N3CCCc4ccccc4C3)cc(Cl)c2c1. The first kappa shape index (κ1) is 15.3. The molecule has 0 bridgehead atoms. The Kier molecular flexibility index (Phi) is 4.03. The maximum atomic E-state index is 6.53. The number of halogens is 1. The second kappa shape index (κ2) is 6.33. The molecule has 0 saturated heterocycles. The van der Waals surface area contributed by atoms with Crippen LogP contribution in [-0.4, -0.2) is 18.6 Å². The summed E-state index contributed by atoms with van der Waals surface area (Å²) in [6.07, 6.45) is 2.24. The quantitative estimate of drug-likeness (QED) is 0.668. The van der Waals surface area contributed by atoms with Gasteiger partial charge < -0.3 is 9.64 Å². The topological polar surface area (TPSA) is 25.4 Å². The van der Waals surface area contributed by atoms with Crippen molar-refractivity contribution < 1.29 is 4.74 Å². The number of aryl methyl sites for hydroxylation is 1. The number of ether oxygens (including phenoxy) is 1. The molecule has 0 atom stereocenters. The van der Waals surface area contributed by atoms with Gasteiger partial charge in [-0.3, -0.25) is 0 Å². The van der Waals surface area contributed by atoms with Crippen LogP contribution in [0.2, 0.25) is 5.02 Å². The van der Waals surface area contributed by atoms with Crippen LogP contribution in [0.1, 0.15) is 17.5 Å². The Balaban J connectivity index is 1.74. The number of benzene rings is 2. The molecule has 2 aromatic carbocycles. The smallest absolute Gasteiger partial charge is 0.131 e. The first-order valence-corrected chi connectivity index (χ1v) is 8.58. The molecule has 0 N–H and O–H groups in total. The zero-order chi connectivity index (χ0) is 16.5. The molecule has 24 heavy (non-hydrogen) atoms. The van der Waals surface area contributed by atoms with E-state index in [9.17, 15) is 0 Å². The lowest BCUT2D eigenvalue weighted by molar-refractivity contribution is 0.415. The highest BCUT2D eigenvalue weighted by Gasteiger charge is 2.17. The Morgan fingerprint density at radius 1 is 1.08 bits per heavy atom. The van der Waals surface area contributed by atoms with Gasteiger partial charge in [0.2, 0.25) is 0 Å². The molecule has 1 aliphatic rings. The van der Waals surface area contributed by atoms with Crippen LogP contribution in [0.15, 0.2) is 48.5 Å². The first-order valence-electron chi connectivity index (χ1n) is 8.20. The molecule has 3 nitrogen and oxygen atoms in total. The Hall–Kier alpha value is -2.26. The highest BCUT2D eigenvalue weighted by Crippen LogP contribution is 2.31. The van der Waals surface area contributed by atoms with Gasteiger partial charge in [-0.25, -0.2) is 4.98 Å². The van der Waals surface area contributed by atoms with Crippen LogP contribution in [0.3, 0.4) is 0 Å². The minimum absolute atomic E-state index is 0.714. The van der Waals surface area contributed by atoms with E-state index in [2.05, 4.69) is 29.2 Å². The molecular formula is C20H19ClN2O. The molecule has 122 valence electrons. The third kappa shape index (κ3) is 2.80. The van der Waals surface area contributed by atoms with Crippen LogP contribution < -0.4 is 9.64 Å². The van der Waals surface area contributed by atoms with E-state index in [1.54, 1.807) is 7.11 Å². The van der Waals surface area contributed by atoms with Gasteiger partial charge in [-0.15, -0.1) is 0 Å². The van der Waals surface area contributed by atoms with Gasteiger partial charge in [0.25, 0.3) is 0 Å². The number of anilines is 1. The van der Waals surface area contributed by atoms with Crippen LogP contribution in [0, 0.1) is 0 Å². The van der Waals surface area contributed by atoms with Crippen molar-refractivity contribution in [3.8, 4) is 5.75 Å². The summed E-state index contributed by atoms with van der Waals surface area (Å²) in [7, 11) is 1.66. The number of hydrogen-bond acceptors (Lipinski definition) is 3. The van der Waals surface area contributed by atoms with Gasteiger partial charge in [0.05, 0.1) is 17.6 Å². The molecule has 4 heteroatoms. The normalized spacial score (nSPS) is 14.3. The van der Waals surface area contributed by atoms with Crippen molar-refractivity contribution in [3.63, 3.8) is 0 Å². The maximum Gasteiger partial charge on any atom is 0.131 e. The Labute approximate surface area is 146 Å². The number of methoxy groups -OCH3 is 1. The standard InChI is InChI=1S/C20H19ClN2O/c1-24-16-8-9-19-17(11-16)18(21)12-20(22-19)23-10-4-7-14-5-2-3-6-15(14)13-23/h2-3,5-6,8-9,11-12H,4,7,10,13H2,1H3. The second-order valence-electron chi connectivity index (χ2n) is 6.14. The van der Waals surface area contributed by atoms with E-state index in [4.69, 9.17) is 21.3 Å². The van der Waals surface area contributed by atoms with Gasteiger partial charge in [-0.2, -0.15) is 0 Å². The zero-order valence-corrected chi connectivity index (χ0v) is 14.4. The Bertz CT molecular complexity index is 894. The summed E-state index contributed by atoms with van der Waals surface area (Å²) in [4.78, 5) is 7.16. The van der Waals surface area contributed by atoms with E-state index in [0.717, 1.165) is 48.4 Å². The summed E-state index contributed by atoms with van der Waals surface area (Å²) in [6.45, 7) is 1.86. The zero-order valence-electron chi connectivity index (χ0n) is 13.6. The Morgan fingerprint density at radius 3 is 2.75 bits per heavy atom. The number of pyridine rings is 1. The average Bonchev–Trinajstić information content (AvgIpc) is 2.84. The fraction of sp³-hybridized carbons (Fsp3) is 0.250. The lowest BCUT2D eigenvalue weighted by Gasteiger charge is -2.23. The molecule has 4 rings (SSSR count). The van der Waals surface area contributed by atoms with Crippen molar-refractivity contribution in [2.45, 2.75) is 19.4 Å². The minimum atomic E-state index is 0.714. The van der Waals surface area contributed by atoms with Crippen LogP contribution >= 0.6 is 11.6 Å². The molecule has 2 heterocycles. The van der Waals surface area contributed by atoms with E-state index in [1.807, 2.05) is 24.3 Å². The number of fused-ring (bicyclic) bond motifs is 2. The summed E-state index contributed by atoms with van der Waals surface area (Å²) < 4.78 is 5.28. The molecule has 0 aliphatic carbocycles. The lowest BCUT2D eigenvalue weighted by Crippen LogP contribution is -2.23. The molecule has 1 aromatic heterocycles. The lowest BCUT2D eigenvalue weighted by atomic mass is 10.0. The molecule has 0 unspecified atom stereocenters. The molecule has 0 spiro atoms. The molecule has 0 radical (unpaired) electrons. The van der Waals surface area contributed by atoms with E-state index in [1.165, 1.54) is 11.1 Å². The summed E-state index contributed by atoms with van der Waals surface area (Å²) in [5, 5.41) is 1.64. The van der Waals surface area contributed by atoms with Crippen LogP contribution in [0.5, 0.6) is 5.75 Å². The summed E-state index contributed by atoms with van der Waals surface area (Å²) in [6, 6.07) is 16.5. The second-order valence-corrected chi connectivity index (χ2v) is 6.55. The van der Waals surface area contributed by atoms with Gasteiger partial charge in [0, 0.05) is 18.5 Å². The van der Waals surface area contributed by atoms with Crippen LogP contribution in [0.4, 0.5) is 5.82 Å². The van der Waals surface area contributed by atoms with Crippen molar-refractivity contribution >= 4 is 28.3 Å². The van der Waals surface area contributed by atoms with Gasteiger partial charge in [-0.1, -0.05) is 35.9 Å². The molecular weight excluding hydrogens is 320 g/mol. The summed E-state index contributed by atoms with van der Waals surface area (Å²) >= 11 is 6.53. The number of rotatable bonds is 2. The van der Waals surface area contributed by atoms with Crippen LogP contribution in [0.25, 0.3) is 10.9 Å². The molecule has 0 fully saturated rings. The largest absolute Gasteiger partial charge is 0.497 e. The van der Waals surface area contributed by atoms with Gasteiger partial charge in [-0.05, 0) is 48.2 Å². The van der Waals surface area contributed by atoms with Gasteiger partial charge in [0.1, 0.15) is 11.6 Å². The van der Waals surface area contributed by atoms with E-state index >= 15 is 0 Å². The minimum Gasteiger partial charge on any atom is -0.497 e. The third-order valence-corrected chi connectivity index (χ3v) is 4.94. The van der Waals surface area contributed by atoms with Gasteiger partial charge in [0.15, 0.2) is 0 Å².